The number of aliphatic imine (C=N–C) groups is 1. The van der Waals surface area contributed by atoms with E-state index in [1.807, 2.05) is 11.8 Å². The number of nitrogens with zero attached hydrogens (tertiary/aromatic N) is 1. The van der Waals surface area contributed by atoms with Gasteiger partial charge in [-0.15, -0.1) is 0 Å². The minimum atomic E-state index is 0.195. The van der Waals surface area contributed by atoms with Gasteiger partial charge in [0.25, 0.3) is 0 Å². The molecule has 1 fully saturated rings. The minimum Gasteiger partial charge on any atom is -0.360 e. The van der Waals surface area contributed by atoms with Gasteiger partial charge in [-0.25, -0.2) is 0 Å². The topological polar surface area (TPSA) is 24.4 Å². The van der Waals surface area contributed by atoms with Gasteiger partial charge in [-0.2, -0.15) is 0 Å². The van der Waals surface area contributed by atoms with Gasteiger partial charge in [0.1, 0.15) is 0 Å². The molecule has 0 atom stereocenters. The molecule has 17 heavy (non-hydrogen) atoms. The number of amidine groups is 1. The van der Waals surface area contributed by atoms with E-state index < -0.39 is 0 Å². The summed E-state index contributed by atoms with van der Waals surface area (Å²) >= 11 is 1.94. The van der Waals surface area contributed by atoms with Gasteiger partial charge in [-0.05, 0) is 33.1 Å². The summed E-state index contributed by atoms with van der Waals surface area (Å²) in [5.41, 5.74) is 0.494. The highest BCUT2D eigenvalue weighted by Gasteiger charge is 2.37. The molecular formula is C14H26N2S. The predicted molar refractivity (Wildman–Crippen MR) is 77.8 cm³/mol. The van der Waals surface area contributed by atoms with Gasteiger partial charge in [0, 0.05) is 11.3 Å². The van der Waals surface area contributed by atoms with E-state index in [4.69, 9.17) is 4.99 Å². The Bertz CT molecular complexity index is 291. The Morgan fingerprint density at radius 2 is 2.00 bits per heavy atom. The van der Waals surface area contributed by atoms with Crippen LogP contribution in [0.25, 0.3) is 0 Å². The van der Waals surface area contributed by atoms with Crippen molar-refractivity contribution in [1.29, 1.82) is 0 Å². The summed E-state index contributed by atoms with van der Waals surface area (Å²) in [6.45, 7) is 6.81. The SMILES string of the molecule is CCCC(C)(C)NC1=NC2(CCCCC2)CS1. The maximum atomic E-state index is 5.01. The van der Waals surface area contributed by atoms with Crippen molar-refractivity contribution in [2.24, 2.45) is 4.99 Å². The number of nitrogens with one attached hydrogen (secondary N) is 1. The van der Waals surface area contributed by atoms with Crippen LogP contribution in [0.1, 0.15) is 65.7 Å². The molecule has 0 aromatic heterocycles. The maximum absolute atomic E-state index is 5.01. The summed E-state index contributed by atoms with van der Waals surface area (Å²) in [6, 6.07) is 0. The highest BCUT2D eigenvalue weighted by atomic mass is 32.2. The van der Waals surface area contributed by atoms with E-state index in [0.717, 1.165) is 0 Å². The second kappa shape index (κ2) is 5.21. The minimum absolute atomic E-state index is 0.195. The molecule has 2 nitrogen and oxygen atoms in total. The Balaban J connectivity index is 1.96. The number of rotatable bonds is 3. The van der Waals surface area contributed by atoms with Gasteiger partial charge >= 0.3 is 0 Å². The van der Waals surface area contributed by atoms with E-state index >= 15 is 0 Å². The van der Waals surface area contributed by atoms with Crippen molar-refractivity contribution >= 4 is 16.9 Å². The summed E-state index contributed by atoms with van der Waals surface area (Å²) in [7, 11) is 0. The summed E-state index contributed by atoms with van der Waals surface area (Å²) in [5.74, 6) is 1.21. The van der Waals surface area contributed by atoms with Crippen LogP contribution in [0.15, 0.2) is 4.99 Å². The maximum Gasteiger partial charge on any atom is 0.157 e. The van der Waals surface area contributed by atoms with Crippen molar-refractivity contribution in [3.05, 3.63) is 0 Å². The average Bonchev–Trinajstić information content (AvgIpc) is 2.61. The molecule has 0 aromatic carbocycles. The molecule has 0 unspecified atom stereocenters. The molecule has 2 rings (SSSR count). The molecule has 1 aliphatic carbocycles. The number of hydrogen-bond donors (Lipinski definition) is 1. The third kappa shape index (κ3) is 3.40. The molecule has 0 aromatic rings. The fourth-order valence-electron chi connectivity index (χ4n) is 2.99. The zero-order valence-electron chi connectivity index (χ0n) is 11.5. The van der Waals surface area contributed by atoms with Crippen LogP contribution in [0, 0.1) is 0 Å². The first-order valence-electron chi connectivity index (χ1n) is 7.06. The van der Waals surface area contributed by atoms with Crippen LogP contribution in [0.5, 0.6) is 0 Å². The molecule has 3 heteroatoms. The summed E-state index contributed by atoms with van der Waals surface area (Å²) in [4.78, 5) is 5.01. The van der Waals surface area contributed by atoms with Crippen LogP contribution in [-0.4, -0.2) is 22.0 Å². The average molecular weight is 254 g/mol. The van der Waals surface area contributed by atoms with Crippen LogP contribution < -0.4 is 5.32 Å². The first-order chi connectivity index (χ1) is 8.05. The van der Waals surface area contributed by atoms with Gasteiger partial charge in [-0.1, -0.05) is 44.4 Å². The molecule has 1 heterocycles. The van der Waals surface area contributed by atoms with Gasteiger partial charge in [0.15, 0.2) is 5.17 Å². The van der Waals surface area contributed by atoms with Crippen molar-refractivity contribution in [2.75, 3.05) is 5.75 Å². The first kappa shape index (κ1) is 13.3. The fourth-order valence-corrected chi connectivity index (χ4v) is 4.35. The lowest BCUT2D eigenvalue weighted by Gasteiger charge is -2.29. The Labute approximate surface area is 110 Å². The van der Waals surface area contributed by atoms with Gasteiger partial charge in [0.2, 0.25) is 0 Å². The Morgan fingerprint density at radius 3 is 2.65 bits per heavy atom. The highest BCUT2D eigenvalue weighted by molar-refractivity contribution is 8.14. The zero-order valence-corrected chi connectivity index (χ0v) is 12.3. The molecule has 0 bridgehead atoms. The lowest BCUT2D eigenvalue weighted by molar-refractivity contribution is 0.333. The Hall–Kier alpha value is -0.180. The van der Waals surface area contributed by atoms with E-state index in [9.17, 15) is 0 Å². The van der Waals surface area contributed by atoms with Crippen molar-refractivity contribution in [3.63, 3.8) is 0 Å². The summed E-state index contributed by atoms with van der Waals surface area (Å²) in [5, 5.41) is 4.84. The lowest BCUT2D eigenvalue weighted by Crippen LogP contribution is -2.41. The van der Waals surface area contributed by atoms with E-state index in [-0.39, 0.29) is 5.54 Å². The van der Waals surface area contributed by atoms with Gasteiger partial charge in [0.05, 0.1) is 5.54 Å². The molecule has 98 valence electrons. The van der Waals surface area contributed by atoms with Crippen molar-refractivity contribution < 1.29 is 0 Å². The third-order valence-corrected chi connectivity index (χ3v) is 5.07. The largest absolute Gasteiger partial charge is 0.360 e. The number of thioether (sulfide) groups is 1. The molecule has 1 aliphatic heterocycles. The van der Waals surface area contributed by atoms with Crippen molar-refractivity contribution in [1.82, 2.24) is 5.32 Å². The third-order valence-electron chi connectivity index (χ3n) is 3.92. The molecule has 1 saturated carbocycles. The summed E-state index contributed by atoms with van der Waals surface area (Å²) in [6.07, 6.45) is 9.19. The van der Waals surface area contributed by atoms with Crippen molar-refractivity contribution in [3.8, 4) is 0 Å². The molecule has 0 saturated heterocycles. The second-order valence-corrected chi connectivity index (χ2v) is 7.21. The van der Waals surface area contributed by atoms with Crippen LogP contribution >= 0.6 is 11.8 Å². The molecule has 1 N–H and O–H groups in total. The Morgan fingerprint density at radius 1 is 1.29 bits per heavy atom. The van der Waals surface area contributed by atoms with Crippen LogP contribution in [0.2, 0.25) is 0 Å². The molecular weight excluding hydrogens is 228 g/mol. The van der Waals surface area contributed by atoms with Crippen LogP contribution in [0.3, 0.4) is 0 Å². The van der Waals surface area contributed by atoms with Gasteiger partial charge < -0.3 is 5.32 Å². The predicted octanol–water partition coefficient (Wildman–Crippen LogP) is 3.96. The van der Waals surface area contributed by atoms with Crippen LogP contribution in [0.4, 0.5) is 0 Å². The molecule has 0 amide bonds. The lowest BCUT2D eigenvalue weighted by atomic mass is 9.84. The fraction of sp³-hybridized carbons (Fsp3) is 0.929. The first-order valence-corrected chi connectivity index (χ1v) is 8.05. The normalized spacial score (nSPS) is 23.8. The van der Waals surface area contributed by atoms with Crippen molar-refractivity contribution in [2.45, 2.75) is 76.8 Å². The van der Waals surface area contributed by atoms with E-state index in [1.165, 1.54) is 55.9 Å². The molecule has 1 spiro atoms. The smallest absolute Gasteiger partial charge is 0.157 e. The second-order valence-electron chi connectivity index (χ2n) is 6.25. The van der Waals surface area contributed by atoms with Crippen LogP contribution in [-0.2, 0) is 0 Å². The highest BCUT2D eigenvalue weighted by Crippen LogP contribution is 2.39. The Kier molecular flexibility index (Phi) is 4.06. The monoisotopic (exact) mass is 254 g/mol. The molecule has 0 radical (unpaired) electrons. The van der Waals surface area contributed by atoms with E-state index in [2.05, 4.69) is 26.1 Å². The number of hydrogen-bond acceptors (Lipinski definition) is 3. The standard InChI is InChI=1S/C14H26N2S/c1-4-8-13(2,3)15-12-16-14(11-17-12)9-6-5-7-10-14/h4-11H2,1-3H3,(H,15,16). The molecule has 2 aliphatic rings. The van der Waals surface area contributed by atoms with E-state index in [1.54, 1.807) is 0 Å². The van der Waals surface area contributed by atoms with E-state index in [0.29, 0.717) is 5.54 Å². The van der Waals surface area contributed by atoms with Gasteiger partial charge in [-0.3, -0.25) is 4.99 Å². The summed E-state index contributed by atoms with van der Waals surface area (Å²) < 4.78 is 0. The zero-order chi connectivity index (χ0) is 12.4. The quantitative estimate of drug-likeness (QED) is 0.824.